The van der Waals surface area contributed by atoms with Crippen LogP contribution in [0.5, 0.6) is 0 Å². The van der Waals surface area contributed by atoms with Crippen molar-refractivity contribution in [3.8, 4) is 0 Å². The van der Waals surface area contributed by atoms with Gasteiger partial charge < -0.3 is 14.6 Å². The lowest BCUT2D eigenvalue weighted by atomic mass is 10.1. The molecule has 0 aliphatic rings. The number of carboxylic acid groups (broad SMARTS) is 1. The molecule has 0 amide bonds. The van der Waals surface area contributed by atoms with Gasteiger partial charge in [0.25, 0.3) is 6.29 Å². The van der Waals surface area contributed by atoms with E-state index in [-0.39, 0.29) is 0 Å². The summed E-state index contributed by atoms with van der Waals surface area (Å²) < 4.78 is 10.2. The lowest BCUT2D eigenvalue weighted by Crippen LogP contribution is -2.27. The van der Waals surface area contributed by atoms with Crippen LogP contribution in [0.25, 0.3) is 0 Å². The molecular formula is C18H34O4. The van der Waals surface area contributed by atoms with E-state index in [1.54, 1.807) is 6.92 Å². The van der Waals surface area contributed by atoms with Gasteiger partial charge in [0.2, 0.25) is 0 Å². The molecule has 0 rings (SSSR count). The molecule has 0 bridgehead atoms. The second-order valence-electron chi connectivity index (χ2n) is 5.52. The fourth-order valence-electron chi connectivity index (χ4n) is 2.17. The number of ether oxygens (including phenoxy) is 2. The van der Waals surface area contributed by atoms with Crippen LogP contribution in [0.3, 0.4) is 0 Å². The van der Waals surface area contributed by atoms with Crippen LogP contribution in [0.1, 0.15) is 78.1 Å². The molecule has 0 fully saturated rings. The van der Waals surface area contributed by atoms with E-state index in [1.807, 2.05) is 0 Å². The first-order chi connectivity index (χ1) is 10.7. The summed E-state index contributed by atoms with van der Waals surface area (Å²) >= 11 is 0. The molecule has 0 spiro atoms. The highest BCUT2D eigenvalue weighted by Gasteiger charge is 2.16. The Balaban J connectivity index is 3.33. The van der Waals surface area contributed by atoms with Crippen LogP contribution in [0.2, 0.25) is 0 Å². The lowest BCUT2D eigenvalue weighted by molar-refractivity contribution is -0.188. The molecule has 1 atom stereocenters. The van der Waals surface area contributed by atoms with Crippen molar-refractivity contribution in [3.05, 3.63) is 12.2 Å². The maximum Gasteiger partial charge on any atom is 0.361 e. The molecule has 4 heteroatoms. The summed E-state index contributed by atoms with van der Waals surface area (Å²) in [5.74, 6) is -1.05. The molecule has 4 nitrogen and oxygen atoms in total. The summed E-state index contributed by atoms with van der Waals surface area (Å²) in [4.78, 5) is 10.8. The number of carbonyl (C=O) groups is 1. The highest BCUT2D eigenvalue weighted by Crippen LogP contribution is 2.07. The number of unbranched alkanes of at least 4 members (excludes halogenated alkanes) is 8. The predicted octanol–water partition coefficient (Wildman–Crippen LogP) is 4.93. The Morgan fingerprint density at radius 3 is 2.05 bits per heavy atom. The predicted molar refractivity (Wildman–Crippen MR) is 90.0 cm³/mol. The van der Waals surface area contributed by atoms with Gasteiger partial charge in [-0.15, -0.1) is 0 Å². The molecule has 0 aliphatic carbocycles. The minimum absolute atomic E-state index is 0.347. The van der Waals surface area contributed by atoms with Crippen molar-refractivity contribution in [2.75, 3.05) is 13.2 Å². The minimum atomic E-state index is -1.11. The van der Waals surface area contributed by atoms with E-state index in [0.29, 0.717) is 13.2 Å². The van der Waals surface area contributed by atoms with E-state index in [4.69, 9.17) is 14.6 Å². The quantitative estimate of drug-likeness (QED) is 0.249. The van der Waals surface area contributed by atoms with Gasteiger partial charge in [-0.1, -0.05) is 51.2 Å². The van der Waals surface area contributed by atoms with Crippen LogP contribution in [-0.2, 0) is 14.3 Å². The molecule has 130 valence electrons. The zero-order valence-electron chi connectivity index (χ0n) is 14.4. The molecule has 0 saturated heterocycles. The molecule has 0 aromatic carbocycles. The molecule has 0 heterocycles. The molecule has 22 heavy (non-hydrogen) atoms. The van der Waals surface area contributed by atoms with E-state index in [2.05, 4.69) is 19.1 Å². The molecule has 0 aromatic rings. The second-order valence-corrected chi connectivity index (χ2v) is 5.52. The number of hydrogen-bond acceptors (Lipinski definition) is 3. The lowest BCUT2D eigenvalue weighted by Gasteiger charge is -2.12. The van der Waals surface area contributed by atoms with Gasteiger partial charge in [-0.3, -0.25) is 0 Å². The van der Waals surface area contributed by atoms with Gasteiger partial charge >= 0.3 is 5.97 Å². The first-order valence-corrected chi connectivity index (χ1v) is 8.83. The first kappa shape index (κ1) is 21.1. The Morgan fingerprint density at radius 1 is 0.909 bits per heavy atom. The van der Waals surface area contributed by atoms with Crippen molar-refractivity contribution in [3.63, 3.8) is 0 Å². The first-order valence-electron chi connectivity index (χ1n) is 8.83. The van der Waals surface area contributed by atoms with Crippen LogP contribution in [0.4, 0.5) is 0 Å². The van der Waals surface area contributed by atoms with Crippen LogP contribution in [-0.4, -0.2) is 30.6 Å². The summed E-state index contributed by atoms with van der Waals surface area (Å²) in [5.41, 5.74) is 0. The summed E-state index contributed by atoms with van der Waals surface area (Å²) in [7, 11) is 0. The van der Waals surface area contributed by atoms with Gasteiger partial charge in [-0.2, -0.15) is 0 Å². The Hall–Kier alpha value is -0.870. The number of hydrogen-bond donors (Lipinski definition) is 1. The number of carboxylic acids is 1. The average molecular weight is 314 g/mol. The van der Waals surface area contributed by atoms with E-state index in [9.17, 15) is 4.79 Å². The molecule has 1 N–H and O–H groups in total. The van der Waals surface area contributed by atoms with Crippen molar-refractivity contribution in [1.82, 2.24) is 0 Å². The third-order valence-electron chi connectivity index (χ3n) is 3.45. The van der Waals surface area contributed by atoms with E-state index < -0.39 is 12.3 Å². The van der Waals surface area contributed by atoms with Crippen LogP contribution in [0, 0.1) is 0 Å². The number of rotatable bonds is 16. The maximum absolute atomic E-state index is 10.8. The van der Waals surface area contributed by atoms with Gasteiger partial charge in [0.15, 0.2) is 0 Å². The van der Waals surface area contributed by atoms with E-state index in [1.165, 1.54) is 38.5 Å². The topological polar surface area (TPSA) is 55.8 Å². The highest BCUT2D eigenvalue weighted by molar-refractivity contribution is 5.70. The smallest absolute Gasteiger partial charge is 0.361 e. The molecule has 0 aromatic heterocycles. The minimum Gasteiger partial charge on any atom is -0.477 e. The Kier molecular flexibility index (Phi) is 15.8. The maximum atomic E-state index is 10.8. The van der Waals surface area contributed by atoms with E-state index >= 15 is 0 Å². The zero-order valence-corrected chi connectivity index (χ0v) is 14.4. The summed E-state index contributed by atoms with van der Waals surface area (Å²) in [5, 5.41) is 8.84. The van der Waals surface area contributed by atoms with Gasteiger partial charge in [-0.25, -0.2) is 4.79 Å². The van der Waals surface area contributed by atoms with Crippen molar-refractivity contribution >= 4 is 5.97 Å². The van der Waals surface area contributed by atoms with Crippen LogP contribution >= 0.6 is 0 Å². The van der Waals surface area contributed by atoms with Crippen molar-refractivity contribution in [2.45, 2.75) is 84.3 Å². The summed E-state index contributed by atoms with van der Waals surface area (Å²) in [6.07, 6.45) is 15.5. The van der Waals surface area contributed by atoms with Crippen molar-refractivity contribution in [1.29, 1.82) is 0 Å². The third kappa shape index (κ3) is 14.1. The number of allylic oxidation sites excluding steroid dienone is 2. The highest BCUT2D eigenvalue weighted by atomic mass is 16.7. The Labute approximate surface area is 135 Å². The molecule has 0 saturated carbocycles. The monoisotopic (exact) mass is 314 g/mol. The van der Waals surface area contributed by atoms with E-state index in [0.717, 1.165) is 25.7 Å². The normalized spacial score (nSPS) is 12.8. The Morgan fingerprint density at radius 2 is 1.50 bits per heavy atom. The fourth-order valence-corrected chi connectivity index (χ4v) is 2.17. The molecule has 0 aliphatic heterocycles. The average Bonchev–Trinajstić information content (AvgIpc) is 2.50. The zero-order chi connectivity index (χ0) is 16.5. The third-order valence-corrected chi connectivity index (χ3v) is 3.45. The second kappa shape index (κ2) is 16.5. The van der Waals surface area contributed by atoms with Crippen molar-refractivity contribution in [2.24, 2.45) is 0 Å². The largest absolute Gasteiger partial charge is 0.477 e. The molecular weight excluding hydrogens is 280 g/mol. The molecule has 0 radical (unpaired) electrons. The SMILES string of the molecule is CCCCCCC/C=C\CCCCCOC(OCC)C(=O)O. The van der Waals surface area contributed by atoms with Gasteiger partial charge in [0.05, 0.1) is 6.61 Å². The standard InChI is InChI=1S/C18H34O4/c1-3-5-6-7-8-9-10-11-12-13-14-15-16-22-18(17(19)20)21-4-2/h10-11,18H,3-9,12-16H2,1-2H3,(H,19,20)/b11-10-. The van der Waals surface area contributed by atoms with Gasteiger partial charge in [-0.05, 0) is 39.0 Å². The fraction of sp³-hybridized carbons (Fsp3) is 0.833. The Bertz CT molecular complexity index is 276. The summed E-state index contributed by atoms with van der Waals surface area (Å²) in [6.45, 7) is 4.79. The summed E-state index contributed by atoms with van der Waals surface area (Å²) in [6, 6.07) is 0. The number of aliphatic carboxylic acids is 1. The van der Waals surface area contributed by atoms with Crippen LogP contribution in [0.15, 0.2) is 12.2 Å². The van der Waals surface area contributed by atoms with Gasteiger partial charge in [0.1, 0.15) is 0 Å². The van der Waals surface area contributed by atoms with Crippen LogP contribution < -0.4 is 0 Å². The van der Waals surface area contributed by atoms with Gasteiger partial charge in [0, 0.05) is 6.61 Å². The molecule has 1 unspecified atom stereocenters. The van der Waals surface area contributed by atoms with Crippen molar-refractivity contribution < 1.29 is 19.4 Å².